The molecule has 18 heavy (non-hydrogen) atoms. The first-order valence-corrected chi connectivity index (χ1v) is 6.77. The zero-order valence-electron chi connectivity index (χ0n) is 10.7. The minimum absolute atomic E-state index is 0.0158. The van der Waals surface area contributed by atoms with Crippen molar-refractivity contribution in [1.29, 1.82) is 0 Å². The summed E-state index contributed by atoms with van der Waals surface area (Å²) in [6.07, 6.45) is 0.964. The summed E-state index contributed by atoms with van der Waals surface area (Å²) in [4.78, 5) is 13.4. The number of hydrogen-bond donors (Lipinski definition) is 2. The highest BCUT2D eigenvalue weighted by Gasteiger charge is 2.12. The molecule has 0 aliphatic heterocycles. The molecule has 4 nitrogen and oxygen atoms in total. The van der Waals surface area contributed by atoms with Crippen LogP contribution in [-0.2, 0) is 11.3 Å². The Balaban J connectivity index is 2.76. The molecule has 0 spiro atoms. The predicted octanol–water partition coefficient (Wildman–Crippen LogP) is 2.11. The van der Waals surface area contributed by atoms with Gasteiger partial charge in [-0.25, -0.2) is 0 Å². The van der Waals surface area contributed by atoms with E-state index in [2.05, 4.69) is 28.2 Å². The summed E-state index contributed by atoms with van der Waals surface area (Å²) in [5, 5.41) is 12.5. The number of benzene rings is 1. The number of phenols is 1. The second kappa shape index (κ2) is 7.38. The third-order valence-corrected chi connectivity index (χ3v) is 3.29. The number of phenolic OH excluding ortho intramolecular Hbond substituents is 1. The summed E-state index contributed by atoms with van der Waals surface area (Å²) < 4.78 is 0.677. The van der Waals surface area contributed by atoms with Crippen molar-refractivity contribution in [1.82, 2.24) is 10.2 Å². The predicted molar refractivity (Wildman–Crippen MR) is 75.4 cm³/mol. The Kier molecular flexibility index (Phi) is 6.15. The van der Waals surface area contributed by atoms with E-state index in [1.807, 2.05) is 17.0 Å². The molecule has 0 unspecified atom stereocenters. The summed E-state index contributed by atoms with van der Waals surface area (Å²) in [5.74, 6) is 0.230. The van der Waals surface area contributed by atoms with Gasteiger partial charge in [0.15, 0.2) is 0 Å². The molecule has 0 aromatic heterocycles. The minimum Gasteiger partial charge on any atom is -0.506 e. The molecule has 100 valence electrons. The topological polar surface area (TPSA) is 52.6 Å². The molecule has 1 rings (SSSR count). The third kappa shape index (κ3) is 4.31. The third-order valence-electron chi connectivity index (χ3n) is 2.65. The van der Waals surface area contributed by atoms with Gasteiger partial charge in [0.2, 0.25) is 5.91 Å². The van der Waals surface area contributed by atoms with Crippen LogP contribution in [0.15, 0.2) is 22.7 Å². The van der Waals surface area contributed by atoms with E-state index < -0.39 is 0 Å². The van der Waals surface area contributed by atoms with Crippen LogP contribution in [0.2, 0.25) is 0 Å². The lowest BCUT2D eigenvalue weighted by atomic mass is 10.2. The molecule has 1 aromatic rings. The first-order valence-electron chi connectivity index (χ1n) is 5.97. The Bertz CT molecular complexity index is 410. The number of nitrogens with zero attached hydrogens (tertiary/aromatic N) is 1. The second-order valence-electron chi connectivity index (χ2n) is 4.13. The van der Waals surface area contributed by atoms with E-state index in [-0.39, 0.29) is 11.7 Å². The van der Waals surface area contributed by atoms with Crippen LogP contribution in [0.4, 0.5) is 0 Å². The molecular weight excluding hydrogens is 296 g/mol. The van der Waals surface area contributed by atoms with Crippen LogP contribution in [0.5, 0.6) is 5.75 Å². The van der Waals surface area contributed by atoms with E-state index in [4.69, 9.17) is 0 Å². The number of carbonyl (C=O) groups excluding carboxylic acids is 1. The zero-order chi connectivity index (χ0) is 13.5. The lowest BCUT2D eigenvalue weighted by molar-refractivity contribution is -0.121. The maximum Gasteiger partial charge on any atom is 0.233 e. The first-order chi connectivity index (χ1) is 8.58. The number of nitrogens with one attached hydrogen (secondary N) is 1. The van der Waals surface area contributed by atoms with Gasteiger partial charge >= 0.3 is 0 Å². The van der Waals surface area contributed by atoms with Crippen LogP contribution >= 0.6 is 15.9 Å². The molecule has 0 heterocycles. The number of carbonyl (C=O) groups is 1. The van der Waals surface area contributed by atoms with Crippen molar-refractivity contribution in [2.45, 2.75) is 19.9 Å². The zero-order valence-corrected chi connectivity index (χ0v) is 12.3. The van der Waals surface area contributed by atoms with Crippen molar-refractivity contribution < 1.29 is 9.90 Å². The largest absolute Gasteiger partial charge is 0.506 e. The number of para-hydroxylation sites is 1. The van der Waals surface area contributed by atoms with E-state index in [1.165, 1.54) is 0 Å². The highest BCUT2D eigenvalue weighted by atomic mass is 79.9. The van der Waals surface area contributed by atoms with Gasteiger partial charge in [0.05, 0.1) is 11.0 Å². The Morgan fingerprint density at radius 2 is 2.22 bits per heavy atom. The maximum absolute atomic E-state index is 11.4. The molecule has 5 heteroatoms. The van der Waals surface area contributed by atoms with E-state index >= 15 is 0 Å². The number of rotatable bonds is 6. The summed E-state index contributed by atoms with van der Waals surface area (Å²) in [7, 11) is 1.63. The molecule has 2 N–H and O–H groups in total. The van der Waals surface area contributed by atoms with Crippen LogP contribution in [0.3, 0.4) is 0 Å². The Hall–Kier alpha value is -1.07. The molecule has 0 bridgehead atoms. The summed E-state index contributed by atoms with van der Waals surface area (Å²) in [5.41, 5.74) is 0.821. The van der Waals surface area contributed by atoms with Crippen molar-refractivity contribution in [3.8, 4) is 5.75 Å². The Morgan fingerprint density at radius 1 is 1.50 bits per heavy atom. The summed E-state index contributed by atoms with van der Waals surface area (Å²) in [6, 6.07) is 5.54. The first kappa shape index (κ1) is 15.0. The lowest BCUT2D eigenvalue weighted by Crippen LogP contribution is -2.35. The molecule has 0 saturated carbocycles. The van der Waals surface area contributed by atoms with Crippen LogP contribution < -0.4 is 5.32 Å². The van der Waals surface area contributed by atoms with Crippen molar-refractivity contribution >= 4 is 21.8 Å². The van der Waals surface area contributed by atoms with Crippen molar-refractivity contribution in [2.75, 3.05) is 20.1 Å². The van der Waals surface area contributed by atoms with Crippen LogP contribution in [0.1, 0.15) is 18.9 Å². The van der Waals surface area contributed by atoms with Gasteiger partial charge in [-0.05, 0) is 35.0 Å². The minimum atomic E-state index is -0.0158. The molecule has 0 atom stereocenters. The molecule has 0 saturated heterocycles. The van der Waals surface area contributed by atoms with Gasteiger partial charge in [-0.2, -0.15) is 0 Å². The molecule has 0 radical (unpaired) electrons. The number of aromatic hydroxyl groups is 1. The quantitative estimate of drug-likeness (QED) is 0.845. The highest BCUT2D eigenvalue weighted by Crippen LogP contribution is 2.28. The summed E-state index contributed by atoms with van der Waals surface area (Å²) >= 11 is 3.29. The number of halogens is 1. The molecule has 0 aliphatic rings. The average molecular weight is 315 g/mol. The van der Waals surface area contributed by atoms with Crippen LogP contribution in [0.25, 0.3) is 0 Å². The van der Waals surface area contributed by atoms with Gasteiger partial charge in [-0.15, -0.1) is 0 Å². The Morgan fingerprint density at radius 3 is 2.83 bits per heavy atom. The standard InChI is InChI=1S/C13H19BrN2O2/c1-3-7-16(9-12(17)15-2)8-10-5-4-6-11(14)13(10)18/h4-6,18H,3,7-9H2,1-2H3,(H,15,17). The van der Waals surface area contributed by atoms with Gasteiger partial charge in [0.1, 0.15) is 5.75 Å². The maximum atomic E-state index is 11.4. The van der Waals surface area contributed by atoms with Gasteiger partial charge in [0.25, 0.3) is 0 Å². The monoisotopic (exact) mass is 314 g/mol. The van der Waals surface area contributed by atoms with Gasteiger partial charge in [-0.1, -0.05) is 19.1 Å². The number of hydrogen-bond acceptors (Lipinski definition) is 3. The Labute approximate surface area is 116 Å². The average Bonchev–Trinajstić information content (AvgIpc) is 2.35. The van der Waals surface area contributed by atoms with E-state index in [9.17, 15) is 9.90 Å². The van der Waals surface area contributed by atoms with Gasteiger partial charge < -0.3 is 10.4 Å². The molecule has 0 aliphatic carbocycles. The SMILES string of the molecule is CCCN(CC(=O)NC)Cc1cccc(Br)c1O. The molecule has 1 amide bonds. The normalized spacial score (nSPS) is 10.7. The summed E-state index contributed by atoms with van der Waals surface area (Å²) in [6.45, 7) is 3.79. The number of likely N-dealkylation sites (N-methyl/N-ethyl adjacent to an activating group) is 1. The van der Waals surface area contributed by atoms with Crippen molar-refractivity contribution in [3.63, 3.8) is 0 Å². The fourth-order valence-electron chi connectivity index (χ4n) is 1.74. The van der Waals surface area contributed by atoms with Gasteiger partial charge in [0, 0.05) is 19.2 Å². The van der Waals surface area contributed by atoms with E-state index in [0.717, 1.165) is 18.5 Å². The molecular formula is C13H19BrN2O2. The highest BCUT2D eigenvalue weighted by molar-refractivity contribution is 9.10. The lowest BCUT2D eigenvalue weighted by Gasteiger charge is -2.21. The second-order valence-corrected chi connectivity index (χ2v) is 4.99. The van der Waals surface area contributed by atoms with Crippen LogP contribution in [-0.4, -0.2) is 36.1 Å². The fourth-order valence-corrected chi connectivity index (χ4v) is 2.15. The number of amides is 1. The van der Waals surface area contributed by atoms with E-state index in [1.54, 1.807) is 13.1 Å². The molecule has 1 aromatic carbocycles. The molecule has 0 fully saturated rings. The smallest absolute Gasteiger partial charge is 0.233 e. The van der Waals surface area contributed by atoms with Crippen LogP contribution in [0, 0.1) is 0 Å². The van der Waals surface area contributed by atoms with Crippen molar-refractivity contribution in [2.24, 2.45) is 0 Å². The van der Waals surface area contributed by atoms with Crippen molar-refractivity contribution in [3.05, 3.63) is 28.2 Å². The fraction of sp³-hybridized carbons (Fsp3) is 0.462. The van der Waals surface area contributed by atoms with E-state index in [0.29, 0.717) is 17.6 Å². The van der Waals surface area contributed by atoms with Gasteiger partial charge in [-0.3, -0.25) is 9.69 Å².